The molecule has 4 nitrogen and oxygen atoms in total. The van der Waals surface area contributed by atoms with E-state index in [-0.39, 0.29) is 0 Å². The summed E-state index contributed by atoms with van der Waals surface area (Å²) in [5.74, 6) is 0.927. The number of aromatic nitrogens is 2. The molecule has 2 heterocycles. The van der Waals surface area contributed by atoms with Gasteiger partial charge in [0.25, 0.3) is 0 Å². The monoisotopic (exact) mass is 300 g/mol. The van der Waals surface area contributed by atoms with E-state index in [1.807, 2.05) is 48.5 Å². The zero-order valence-electron chi connectivity index (χ0n) is 12.7. The van der Waals surface area contributed by atoms with Crippen molar-refractivity contribution in [3.8, 4) is 17.3 Å². The smallest absolute Gasteiger partial charge is 0.155 e. The number of anilines is 1. The van der Waals surface area contributed by atoms with Crippen LogP contribution in [0.25, 0.3) is 22.3 Å². The summed E-state index contributed by atoms with van der Waals surface area (Å²) < 4.78 is 0. The fraction of sp³-hybridized carbons (Fsp3) is 0.211. The van der Waals surface area contributed by atoms with Crippen molar-refractivity contribution in [2.24, 2.45) is 0 Å². The molecule has 1 aliphatic rings. The molecule has 0 saturated carbocycles. The van der Waals surface area contributed by atoms with E-state index < -0.39 is 0 Å². The summed E-state index contributed by atoms with van der Waals surface area (Å²) in [6.45, 7) is 2.02. The molecule has 4 heteroatoms. The van der Waals surface area contributed by atoms with Crippen molar-refractivity contribution in [2.45, 2.75) is 12.8 Å². The van der Waals surface area contributed by atoms with Crippen LogP contribution in [0.1, 0.15) is 18.4 Å². The van der Waals surface area contributed by atoms with Gasteiger partial charge >= 0.3 is 0 Å². The summed E-state index contributed by atoms with van der Waals surface area (Å²) in [5.41, 5.74) is 4.25. The van der Waals surface area contributed by atoms with Crippen molar-refractivity contribution >= 4 is 16.9 Å². The molecule has 1 saturated heterocycles. The summed E-state index contributed by atoms with van der Waals surface area (Å²) in [6.07, 6.45) is 2.37. The maximum atomic E-state index is 9.17. The summed E-state index contributed by atoms with van der Waals surface area (Å²) in [4.78, 5) is 12.0. The van der Waals surface area contributed by atoms with Gasteiger partial charge in [0.1, 0.15) is 5.69 Å². The van der Waals surface area contributed by atoms with Gasteiger partial charge in [0.05, 0.1) is 22.7 Å². The first-order chi connectivity index (χ1) is 11.3. The predicted octanol–water partition coefficient (Wildman–Crippen LogP) is 3.77. The molecule has 0 spiro atoms. The van der Waals surface area contributed by atoms with E-state index in [2.05, 4.69) is 11.0 Å². The van der Waals surface area contributed by atoms with E-state index in [1.54, 1.807) is 0 Å². The van der Waals surface area contributed by atoms with Gasteiger partial charge in [-0.15, -0.1) is 0 Å². The van der Waals surface area contributed by atoms with Crippen LogP contribution in [0, 0.1) is 11.3 Å². The van der Waals surface area contributed by atoms with Gasteiger partial charge in [-0.25, -0.2) is 9.97 Å². The first-order valence-corrected chi connectivity index (χ1v) is 7.87. The normalized spacial score (nSPS) is 14.1. The highest BCUT2D eigenvalue weighted by atomic mass is 15.2. The van der Waals surface area contributed by atoms with Gasteiger partial charge < -0.3 is 4.90 Å². The van der Waals surface area contributed by atoms with Crippen molar-refractivity contribution in [3.63, 3.8) is 0 Å². The Bertz CT molecular complexity index is 905. The Kier molecular flexibility index (Phi) is 3.39. The highest BCUT2D eigenvalue weighted by Crippen LogP contribution is 2.31. The third-order valence-electron chi connectivity index (χ3n) is 4.22. The van der Waals surface area contributed by atoms with Gasteiger partial charge in [-0.1, -0.05) is 24.3 Å². The zero-order chi connectivity index (χ0) is 15.6. The van der Waals surface area contributed by atoms with Gasteiger partial charge in [-0.3, -0.25) is 0 Å². The fourth-order valence-electron chi connectivity index (χ4n) is 3.07. The fourth-order valence-corrected chi connectivity index (χ4v) is 3.07. The molecular formula is C19H16N4. The molecule has 0 N–H and O–H groups in total. The van der Waals surface area contributed by atoms with E-state index in [0.717, 1.165) is 41.2 Å². The molecule has 0 amide bonds. The number of rotatable bonds is 2. The summed E-state index contributed by atoms with van der Waals surface area (Å²) >= 11 is 0. The van der Waals surface area contributed by atoms with Crippen LogP contribution in [-0.4, -0.2) is 23.1 Å². The molecule has 0 radical (unpaired) electrons. The molecule has 1 fully saturated rings. The average molecular weight is 300 g/mol. The number of nitriles is 1. The van der Waals surface area contributed by atoms with Gasteiger partial charge in [-0.05, 0) is 37.1 Å². The molecular weight excluding hydrogens is 284 g/mol. The Hall–Kier alpha value is -2.93. The van der Waals surface area contributed by atoms with E-state index >= 15 is 0 Å². The standard InChI is InChI=1S/C19H16N4/c20-13-14-6-5-7-15(12-14)18-19(23-10-3-4-11-23)22-17-9-2-1-8-16(17)21-18/h1-2,5-9,12H,3-4,10-11H2. The third kappa shape index (κ3) is 2.51. The van der Waals surface area contributed by atoms with Crippen molar-refractivity contribution in [3.05, 3.63) is 54.1 Å². The van der Waals surface area contributed by atoms with E-state index in [1.165, 1.54) is 12.8 Å². The Labute approximate surface area is 135 Å². The maximum absolute atomic E-state index is 9.17. The largest absolute Gasteiger partial charge is 0.355 e. The average Bonchev–Trinajstić information content (AvgIpc) is 3.15. The molecule has 1 aromatic heterocycles. The molecule has 0 bridgehead atoms. The minimum absolute atomic E-state index is 0.643. The first kappa shape index (κ1) is 13.7. The number of para-hydroxylation sites is 2. The lowest BCUT2D eigenvalue weighted by atomic mass is 10.1. The molecule has 3 aromatic rings. The molecule has 2 aromatic carbocycles. The molecule has 1 aliphatic heterocycles. The molecule has 0 aliphatic carbocycles. The zero-order valence-corrected chi connectivity index (χ0v) is 12.7. The minimum atomic E-state index is 0.643. The maximum Gasteiger partial charge on any atom is 0.155 e. The van der Waals surface area contributed by atoms with E-state index in [0.29, 0.717) is 5.56 Å². The van der Waals surface area contributed by atoms with Crippen LogP contribution < -0.4 is 4.90 Å². The van der Waals surface area contributed by atoms with Crippen molar-refractivity contribution in [1.82, 2.24) is 9.97 Å². The highest BCUT2D eigenvalue weighted by molar-refractivity contribution is 5.83. The number of hydrogen-bond acceptors (Lipinski definition) is 4. The Morgan fingerprint density at radius 2 is 1.65 bits per heavy atom. The van der Waals surface area contributed by atoms with Gasteiger partial charge in [-0.2, -0.15) is 5.26 Å². The number of hydrogen-bond donors (Lipinski definition) is 0. The van der Waals surface area contributed by atoms with Crippen molar-refractivity contribution < 1.29 is 0 Å². The summed E-state index contributed by atoms with van der Waals surface area (Å²) in [7, 11) is 0. The van der Waals surface area contributed by atoms with Gasteiger partial charge in [0.2, 0.25) is 0 Å². The molecule has 0 atom stereocenters. The lowest BCUT2D eigenvalue weighted by Gasteiger charge is -2.20. The minimum Gasteiger partial charge on any atom is -0.355 e. The van der Waals surface area contributed by atoms with Crippen LogP contribution in [0.3, 0.4) is 0 Å². The second-order valence-corrected chi connectivity index (χ2v) is 5.77. The number of benzene rings is 2. The third-order valence-corrected chi connectivity index (χ3v) is 4.22. The summed E-state index contributed by atoms with van der Waals surface area (Å²) in [5, 5.41) is 9.17. The summed E-state index contributed by atoms with van der Waals surface area (Å²) in [6, 6.07) is 17.7. The highest BCUT2D eigenvalue weighted by Gasteiger charge is 2.20. The van der Waals surface area contributed by atoms with E-state index in [4.69, 9.17) is 15.2 Å². The molecule has 4 rings (SSSR count). The predicted molar refractivity (Wildman–Crippen MR) is 91.1 cm³/mol. The number of nitrogens with zero attached hydrogens (tertiary/aromatic N) is 4. The molecule has 112 valence electrons. The Morgan fingerprint density at radius 3 is 2.39 bits per heavy atom. The number of fused-ring (bicyclic) bond motifs is 1. The Balaban J connectivity index is 1.95. The SMILES string of the molecule is N#Cc1cccc(-c2nc3ccccc3nc2N2CCCC2)c1. The van der Waals surface area contributed by atoms with Gasteiger partial charge in [0.15, 0.2) is 5.82 Å². The van der Waals surface area contributed by atoms with Gasteiger partial charge in [0, 0.05) is 18.7 Å². The first-order valence-electron chi connectivity index (χ1n) is 7.87. The second-order valence-electron chi connectivity index (χ2n) is 5.77. The van der Waals surface area contributed by atoms with Crippen LogP contribution in [-0.2, 0) is 0 Å². The van der Waals surface area contributed by atoms with E-state index in [9.17, 15) is 0 Å². The van der Waals surface area contributed by atoms with Crippen LogP contribution >= 0.6 is 0 Å². The van der Waals surface area contributed by atoms with Crippen molar-refractivity contribution in [2.75, 3.05) is 18.0 Å². The second kappa shape index (κ2) is 5.69. The lowest BCUT2D eigenvalue weighted by Crippen LogP contribution is -2.20. The Morgan fingerprint density at radius 1 is 0.913 bits per heavy atom. The lowest BCUT2D eigenvalue weighted by molar-refractivity contribution is 0.939. The topological polar surface area (TPSA) is 52.8 Å². The molecule has 0 unspecified atom stereocenters. The van der Waals surface area contributed by atoms with Crippen LogP contribution in [0.5, 0.6) is 0 Å². The van der Waals surface area contributed by atoms with Crippen LogP contribution in [0.15, 0.2) is 48.5 Å². The van der Waals surface area contributed by atoms with Crippen LogP contribution in [0.2, 0.25) is 0 Å². The molecule has 23 heavy (non-hydrogen) atoms. The quantitative estimate of drug-likeness (QED) is 0.723. The van der Waals surface area contributed by atoms with Crippen LogP contribution in [0.4, 0.5) is 5.82 Å². The van der Waals surface area contributed by atoms with Crippen molar-refractivity contribution in [1.29, 1.82) is 5.26 Å².